The van der Waals surface area contributed by atoms with E-state index in [0.717, 1.165) is 16.6 Å². The number of aromatic nitrogens is 1. The van der Waals surface area contributed by atoms with Crippen LogP contribution in [0.1, 0.15) is 11.3 Å². The van der Waals surface area contributed by atoms with Gasteiger partial charge in [0.1, 0.15) is 5.82 Å². The molecule has 1 aromatic carbocycles. The summed E-state index contributed by atoms with van der Waals surface area (Å²) in [4.78, 5) is 2.96. The minimum atomic E-state index is -0.231. The molecule has 2 nitrogen and oxygen atoms in total. The predicted molar refractivity (Wildman–Crippen MR) is 50.9 cm³/mol. The monoisotopic (exact) mass is 178 g/mol. The van der Waals surface area contributed by atoms with Crippen LogP contribution in [0.15, 0.2) is 18.2 Å². The van der Waals surface area contributed by atoms with Crippen molar-refractivity contribution in [3.05, 3.63) is 35.3 Å². The molecule has 3 heteroatoms. The molecule has 0 saturated carbocycles. The fourth-order valence-electron chi connectivity index (χ4n) is 1.52. The lowest BCUT2D eigenvalue weighted by molar-refractivity contribution is 0.635. The van der Waals surface area contributed by atoms with Crippen molar-refractivity contribution in [3.8, 4) is 0 Å². The fourth-order valence-corrected chi connectivity index (χ4v) is 1.52. The van der Waals surface area contributed by atoms with Crippen LogP contribution in [-0.4, -0.2) is 4.98 Å². The average Bonchev–Trinajstić information content (AvgIpc) is 2.46. The maximum atomic E-state index is 13.4. The Morgan fingerprint density at radius 3 is 2.85 bits per heavy atom. The zero-order valence-corrected chi connectivity index (χ0v) is 7.39. The van der Waals surface area contributed by atoms with Gasteiger partial charge in [0.25, 0.3) is 0 Å². The summed E-state index contributed by atoms with van der Waals surface area (Å²) >= 11 is 0. The summed E-state index contributed by atoms with van der Waals surface area (Å²) in [7, 11) is 0. The van der Waals surface area contributed by atoms with Gasteiger partial charge in [-0.1, -0.05) is 0 Å². The number of aryl methyl sites for hydroxylation is 1. The standard InChI is InChI=1S/C10H11FN2/c1-6-2-8-3-7(5-12)4-9(11)10(8)13-6/h2-4,13H,5,12H2,1H3. The van der Waals surface area contributed by atoms with E-state index in [1.165, 1.54) is 6.07 Å². The number of H-pyrrole nitrogens is 1. The first-order valence-electron chi connectivity index (χ1n) is 4.18. The maximum absolute atomic E-state index is 13.4. The summed E-state index contributed by atoms with van der Waals surface area (Å²) in [5.74, 6) is -0.231. The second-order valence-corrected chi connectivity index (χ2v) is 3.20. The molecule has 0 aliphatic heterocycles. The number of halogens is 1. The largest absolute Gasteiger partial charge is 0.356 e. The van der Waals surface area contributed by atoms with E-state index in [0.29, 0.717) is 12.1 Å². The molecule has 1 aromatic heterocycles. The van der Waals surface area contributed by atoms with Gasteiger partial charge in [-0.3, -0.25) is 0 Å². The van der Waals surface area contributed by atoms with Crippen LogP contribution in [0.2, 0.25) is 0 Å². The Morgan fingerprint density at radius 2 is 2.15 bits per heavy atom. The van der Waals surface area contributed by atoms with Crippen molar-refractivity contribution >= 4 is 10.9 Å². The number of hydrogen-bond donors (Lipinski definition) is 2. The van der Waals surface area contributed by atoms with Crippen LogP contribution in [0.25, 0.3) is 10.9 Å². The van der Waals surface area contributed by atoms with Gasteiger partial charge in [0, 0.05) is 17.6 Å². The molecule has 0 unspecified atom stereocenters. The first kappa shape index (κ1) is 8.26. The Morgan fingerprint density at radius 1 is 1.38 bits per heavy atom. The highest BCUT2D eigenvalue weighted by Crippen LogP contribution is 2.20. The average molecular weight is 178 g/mol. The quantitative estimate of drug-likeness (QED) is 0.689. The molecule has 0 radical (unpaired) electrons. The highest BCUT2D eigenvalue weighted by Gasteiger charge is 2.04. The van der Waals surface area contributed by atoms with E-state index in [1.54, 1.807) is 0 Å². The summed E-state index contributed by atoms with van der Waals surface area (Å²) in [6.45, 7) is 2.28. The molecule has 0 amide bonds. The van der Waals surface area contributed by atoms with Crippen LogP contribution in [0.4, 0.5) is 4.39 Å². The van der Waals surface area contributed by atoms with Crippen molar-refractivity contribution in [3.63, 3.8) is 0 Å². The number of nitrogens with one attached hydrogen (secondary N) is 1. The van der Waals surface area contributed by atoms with Crippen LogP contribution in [0.5, 0.6) is 0 Å². The topological polar surface area (TPSA) is 41.8 Å². The van der Waals surface area contributed by atoms with Crippen molar-refractivity contribution in [2.45, 2.75) is 13.5 Å². The Bertz CT molecular complexity index is 445. The number of hydrogen-bond acceptors (Lipinski definition) is 1. The van der Waals surface area contributed by atoms with Crippen molar-refractivity contribution in [1.29, 1.82) is 0 Å². The minimum absolute atomic E-state index is 0.231. The van der Waals surface area contributed by atoms with Crippen molar-refractivity contribution in [1.82, 2.24) is 4.98 Å². The van der Waals surface area contributed by atoms with E-state index in [-0.39, 0.29) is 5.82 Å². The van der Waals surface area contributed by atoms with Crippen LogP contribution in [-0.2, 0) is 6.54 Å². The van der Waals surface area contributed by atoms with Gasteiger partial charge in [0.15, 0.2) is 0 Å². The number of rotatable bonds is 1. The van der Waals surface area contributed by atoms with E-state index < -0.39 is 0 Å². The number of nitrogens with two attached hydrogens (primary N) is 1. The van der Waals surface area contributed by atoms with Crippen LogP contribution in [0.3, 0.4) is 0 Å². The van der Waals surface area contributed by atoms with Gasteiger partial charge in [-0.25, -0.2) is 4.39 Å². The minimum Gasteiger partial charge on any atom is -0.356 e. The Kier molecular flexibility index (Phi) is 1.81. The Labute approximate surface area is 75.6 Å². The molecule has 2 aromatic rings. The second-order valence-electron chi connectivity index (χ2n) is 3.20. The van der Waals surface area contributed by atoms with Crippen molar-refractivity contribution < 1.29 is 4.39 Å². The Balaban J connectivity index is 2.75. The molecule has 2 rings (SSSR count). The van der Waals surface area contributed by atoms with Crippen molar-refractivity contribution in [2.24, 2.45) is 5.73 Å². The molecule has 68 valence electrons. The first-order valence-corrected chi connectivity index (χ1v) is 4.18. The van der Waals surface area contributed by atoms with E-state index in [4.69, 9.17) is 5.73 Å². The summed E-state index contributed by atoms with van der Waals surface area (Å²) in [5, 5.41) is 0.887. The lowest BCUT2D eigenvalue weighted by atomic mass is 10.1. The summed E-state index contributed by atoms with van der Waals surface area (Å²) in [6.07, 6.45) is 0. The normalized spacial score (nSPS) is 11.0. The van der Waals surface area contributed by atoms with Crippen molar-refractivity contribution in [2.75, 3.05) is 0 Å². The van der Waals surface area contributed by atoms with E-state index in [1.807, 2.05) is 19.1 Å². The third-order valence-corrected chi connectivity index (χ3v) is 2.11. The van der Waals surface area contributed by atoms with Crippen LogP contribution >= 0.6 is 0 Å². The highest BCUT2D eigenvalue weighted by atomic mass is 19.1. The molecule has 0 aliphatic carbocycles. The lowest BCUT2D eigenvalue weighted by Crippen LogP contribution is -1.96. The molecule has 0 spiro atoms. The van der Waals surface area contributed by atoms with Gasteiger partial charge in [-0.2, -0.15) is 0 Å². The summed E-state index contributed by atoms with van der Waals surface area (Å²) in [6, 6.07) is 5.29. The summed E-state index contributed by atoms with van der Waals surface area (Å²) < 4.78 is 13.4. The van der Waals surface area contributed by atoms with Gasteiger partial charge in [0.2, 0.25) is 0 Å². The molecular weight excluding hydrogens is 167 g/mol. The summed E-state index contributed by atoms with van der Waals surface area (Å²) in [5.41, 5.74) is 7.79. The molecule has 0 atom stereocenters. The SMILES string of the molecule is Cc1cc2cc(CN)cc(F)c2[nH]1. The number of aromatic amines is 1. The van der Waals surface area contributed by atoms with Gasteiger partial charge in [0.05, 0.1) is 5.52 Å². The lowest BCUT2D eigenvalue weighted by Gasteiger charge is -1.97. The fraction of sp³-hybridized carbons (Fsp3) is 0.200. The molecule has 0 fully saturated rings. The Hall–Kier alpha value is -1.35. The third kappa shape index (κ3) is 1.31. The highest BCUT2D eigenvalue weighted by molar-refractivity contribution is 5.81. The molecule has 0 bridgehead atoms. The number of benzene rings is 1. The predicted octanol–water partition coefficient (Wildman–Crippen LogP) is 2.07. The second kappa shape index (κ2) is 2.85. The third-order valence-electron chi connectivity index (χ3n) is 2.11. The van der Waals surface area contributed by atoms with Crippen LogP contribution in [0, 0.1) is 12.7 Å². The number of fused-ring (bicyclic) bond motifs is 1. The molecule has 13 heavy (non-hydrogen) atoms. The maximum Gasteiger partial charge on any atom is 0.147 e. The van der Waals surface area contributed by atoms with E-state index >= 15 is 0 Å². The van der Waals surface area contributed by atoms with E-state index in [9.17, 15) is 4.39 Å². The smallest absolute Gasteiger partial charge is 0.147 e. The van der Waals surface area contributed by atoms with Crippen LogP contribution < -0.4 is 5.73 Å². The molecule has 3 N–H and O–H groups in total. The first-order chi connectivity index (χ1) is 6.20. The van der Waals surface area contributed by atoms with Gasteiger partial charge in [-0.15, -0.1) is 0 Å². The molecular formula is C10H11FN2. The zero-order valence-electron chi connectivity index (χ0n) is 7.39. The molecule has 0 saturated heterocycles. The molecule has 0 aliphatic rings. The van der Waals surface area contributed by atoms with E-state index in [2.05, 4.69) is 4.98 Å². The van der Waals surface area contributed by atoms with Gasteiger partial charge >= 0.3 is 0 Å². The van der Waals surface area contributed by atoms with Gasteiger partial charge < -0.3 is 10.7 Å². The zero-order chi connectivity index (χ0) is 9.42. The van der Waals surface area contributed by atoms with Gasteiger partial charge in [-0.05, 0) is 30.7 Å². The molecule has 1 heterocycles.